The summed E-state index contributed by atoms with van der Waals surface area (Å²) in [5.74, 6) is 0.918. The zero-order valence-corrected chi connectivity index (χ0v) is 17.2. The summed E-state index contributed by atoms with van der Waals surface area (Å²) in [6.07, 6.45) is 1.11. The standard InChI is InChI=1S/C20H24N2O5S/c1-13-7-14(2)20(15(3)8-13)22(28(4,24)25)11-19(23)21-10-16-5-6-17-18(9-16)27-12-26-17/h5-9H,10-12H2,1-4H3,(H,21,23). The number of rotatable bonds is 6. The molecule has 1 N–H and O–H groups in total. The normalized spacial score (nSPS) is 12.7. The Balaban J connectivity index is 1.74. The number of carbonyl (C=O) groups excluding carboxylic acids is 1. The molecule has 28 heavy (non-hydrogen) atoms. The van der Waals surface area contributed by atoms with E-state index >= 15 is 0 Å². The number of nitrogens with one attached hydrogen (secondary N) is 1. The molecule has 150 valence electrons. The van der Waals surface area contributed by atoms with Crippen molar-refractivity contribution in [1.29, 1.82) is 0 Å². The second kappa shape index (κ2) is 7.71. The molecule has 2 aromatic carbocycles. The SMILES string of the molecule is Cc1cc(C)c(N(CC(=O)NCc2ccc3c(c2)OCO3)S(C)(=O)=O)c(C)c1. The molecule has 0 saturated carbocycles. The number of benzene rings is 2. The molecule has 8 heteroatoms. The van der Waals surface area contributed by atoms with Crippen molar-refractivity contribution in [2.75, 3.05) is 23.9 Å². The lowest BCUT2D eigenvalue weighted by molar-refractivity contribution is -0.119. The fourth-order valence-electron chi connectivity index (χ4n) is 3.37. The molecule has 0 atom stereocenters. The van der Waals surface area contributed by atoms with Gasteiger partial charge in [0.2, 0.25) is 22.7 Å². The fraction of sp³-hybridized carbons (Fsp3) is 0.350. The van der Waals surface area contributed by atoms with Crippen molar-refractivity contribution in [2.45, 2.75) is 27.3 Å². The van der Waals surface area contributed by atoms with Gasteiger partial charge >= 0.3 is 0 Å². The highest BCUT2D eigenvalue weighted by Gasteiger charge is 2.24. The van der Waals surface area contributed by atoms with Crippen LogP contribution in [0.1, 0.15) is 22.3 Å². The number of fused-ring (bicyclic) bond motifs is 1. The summed E-state index contributed by atoms with van der Waals surface area (Å²) in [6, 6.07) is 9.23. The number of hydrogen-bond donors (Lipinski definition) is 1. The van der Waals surface area contributed by atoms with E-state index in [0.717, 1.165) is 32.8 Å². The average Bonchev–Trinajstić information content (AvgIpc) is 3.05. The first-order chi connectivity index (χ1) is 13.1. The Bertz CT molecular complexity index is 994. The van der Waals surface area contributed by atoms with Gasteiger partial charge < -0.3 is 14.8 Å². The quantitative estimate of drug-likeness (QED) is 0.799. The molecule has 2 aromatic rings. The van der Waals surface area contributed by atoms with Crippen molar-refractivity contribution in [3.05, 3.63) is 52.6 Å². The smallest absolute Gasteiger partial charge is 0.241 e. The molecule has 0 aromatic heterocycles. The van der Waals surface area contributed by atoms with Crippen LogP contribution in [0.2, 0.25) is 0 Å². The number of carbonyl (C=O) groups is 1. The molecular weight excluding hydrogens is 380 g/mol. The summed E-state index contributed by atoms with van der Waals surface area (Å²) in [6.45, 7) is 5.81. The Morgan fingerprint density at radius 1 is 1.07 bits per heavy atom. The van der Waals surface area contributed by atoms with Crippen LogP contribution in [-0.2, 0) is 21.4 Å². The van der Waals surface area contributed by atoms with E-state index in [4.69, 9.17) is 9.47 Å². The van der Waals surface area contributed by atoms with Crippen LogP contribution in [0.25, 0.3) is 0 Å². The lowest BCUT2D eigenvalue weighted by Gasteiger charge is -2.26. The number of amides is 1. The Labute approximate surface area is 165 Å². The monoisotopic (exact) mass is 404 g/mol. The lowest BCUT2D eigenvalue weighted by Crippen LogP contribution is -2.40. The van der Waals surface area contributed by atoms with Gasteiger partial charge in [-0.3, -0.25) is 9.10 Å². The summed E-state index contributed by atoms with van der Waals surface area (Å²) in [5.41, 5.74) is 4.05. The van der Waals surface area contributed by atoms with Crippen LogP contribution in [0.15, 0.2) is 30.3 Å². The molecule has 1 aliphatic heterocycles. The summed E-state index contributed by atoms with van der Waals surface area (Å²) < 4.78 is 36.5. The summed E-state index contributed by atoms with van der Waals surface area (Å²) in [7, 11) is -3.63. The van der Waals surface area contributed by atoms with E-state index in [9.17, 15) is 13.2 Å². The van der Waals surface area contributed by atoms with Gasteiger partial charge in [0.1, 0.15) is 6.54 Å². The molecule has 0 spiro atoms. The Morgan fingerprint density at radius 3 is 2.36 bits per heavy atom. The van der Waals surface area contributed by atoms with Crippen molar-refractivity contribution >= 4 is 21.6 Å². The molecule has 0 fully saturated rings. The van der Waals surface area contributed by atoms with Gasteiger partial charge in [0, 0.05) is 6.54 Å². The number of ether oxygens (including phenoxy) is 2. The minimum atomic E-state index is -3.63. The third-order valence-corrected chi connectivity index (χ3v) is 5.61. The van der Waals surface area contributed by atoms with E-state index in [1.165, 1.54) is 0 Å². The molecule has 0 unspecified atom stereocenters. The number of nitrogens with zero attached hydrogens (tertiary/aromatic N) is 1. The molecule has 3 rings (SSSR count). The lowest BCUT2D eigenvalue weighted by atomic mass is 10.1. The van der Waals surface area contributed by atoms with Crippen LogP contribution in [0.5, 0.6) is 11.5 Å². The fourth-order valence-corrected chi connectivity index (χ4v) is 4.34. The van der Waals surface area contributed by atoms with E-state index in [0.29, 0.717) is 17.2 Å². The van der Waals surface area contributed by atoms with Crippen LogP contribution >= 0.6 is 0 Å². The van der Waals surface area contributed by atoms with Crippen LogP contribution in [0.3, 0.4) is 0 Å². The first-order valence-electron chi connectivity index (χ1n) is 8.86. The van der Waals surface area contributed by atoms with Crippen molar-refractivity contribution < 1.29 is 22.7 Å². The number of sulfonamides is 1. The van der Waals surface area contributed by atoms with E-state index < -0.39 is 10.0 Å². The van der Waals surface area contributed by atoms with Crippen LogP contribution < -0.4 is 19.1 Å². The van der Waals surface area contributed by atoms with E-state index in [1.54, 1.807) is 12.1 Å². The minimum absolute atomic E-state index is 0.184. The number of hydrogen-bond acceptors (Lipinski definition) is 5. The van der Waals surface area contributed by atoms with Crippen LogP contribution in [0, 0.1) is 20.8 Å². The molecule has 0 aliphatic carbocycles. The third kappa shape index (κ3) is 4.39. The summed E-state index contributed by atoms with van der Waals surface area (Å²) >= 11 is 0. The molecule has 1 heterocycles. The maximum absolute atomic E-state index is 12.5. The molecule has 1 amide bonds. The predicted molar refractivity (Wildman–Crippen MR) is 107 cm³/mol. The van der Waals surface area contributed by atoms with Crippen molar-refractivity contribution in [1.82, 2.24) is 5.32 Å². The zero-order chi connectivity index (χ0) is 20.5. The largest absolute Gasteiger partial charge is 0.454 e. The van der Waals surface area contributed by atoms with Crippen molar-refractivity contribution in [3.63, 3.8) is 0 Å². The highest BCUT2D eigenvalue weighted by molar-refractivity contribution is 7.92. The zero-order valence-electron chi connectivity index (χ0n) is 16.4. The van der Waals surface area contributed by atoms with Crippen molar-refractivity contribution in [3.8, 4) is 11.5 Å². The first kappa shape index (κ1) is 20.0. The predicted octanol–water partition coefficient (Wildman–Crippen LogP) is 2.42. The van der Waals surface area contributed by atoms with Gasteiger partial charge in [0.15, 0.2) is 11.5 Å². The molecule has 7 nitrogen and oxygen atoms in total. The molecule has 1 aliphatic rings. The summed E-state index contributed by atoms with van der Waals surface area (Å²) in [5, 5.41) is 2.77. The maximum Gasteiger partial charge on any atom is 0.241 e. The Kier molecular flexibility index (Phi) is 5.51. The van der Waals surface area contributed by atoms with E-state index in [2.05, 4.69) is 5.32 Å². The molecular formula is C20H24N2O5S. The number of anilines is 1. The van der Waals surface area contributed by atoms with Gasteiger partial charge in [0.05, 0.1) is 11.9 Å². The van der Waals surface area contributed by atoms with Gasteiger partial charge in [-0.05, 0) is 49.6 Å². The van der Waals surface area contributed by atoms with Gasteiger partial charge in [-0.25, -0.2) is 8.42 Å². The Hall–Kier alpha value is -2.74. The van der Waals surface area contributed by atoms with Gasteiger partial charge in [-0.1, -0.05) is 23.8 Å². The van der Waals surface area contributed by atoms with Crippen LogP contribution in [-0.4, -0.2) is 33.9 Å². The molecule has 0 saturated heterocycles. The third-order valence-electron chi connectivity index (χ3n) is 4.50. The van der Waals surface area contributed by atoms with Crippen molar-refractivity contribution in [2.24, 2.45) is 0 Å². The van der Waals surface area contributed by atoms with Gasteiger partial charge in [0.25, 0.3) is 0 Å². The average molecular weight is 404 g/mol. The first-order valence-corrected chi connectivity index (χ1v) is 10.7. The maximum atomic E-state index is 12.5. The second-order valence-electron chi connectivity index (χ2n) is 6.98. The topological polar surface area (TPSA) is 84.9 Å². The van der Waals surface area contributed by atoms with Gasteiger partial charge in [-0.2, -0.15) is 0 Å². The van der Waals surface area contributed by atoms with E-state index in [1.807, 2.05) is 39.0 Å². The minimum Gasteiger partial charge on any atom is -0.454 e. The number of aryl methyl sites for hydroxylation is 3. The second-order valence-corrected chi connectivity index (χ2v) is 8.89. The highest BCUT2D eigenvalue weighted by atomic mass is 32.2. The highest BCUT2D eigenvalue weighted by Crippen LogP contribution is 2.32. The van der Waals surface area contributed by atoms with E-state index in [-0.39, 0.29) is 25.8 Å². The molecule has 0 radical (unpaired) electrons. The van der Waals surface area contributed by atoms with Gasteiger partial charge in [-0.15, -0.1) is 0 Å². The Morgan fingerprint density at radius 2 is 1.71 bits per heavy atom. The van der Waals surface area contributed by atoms with Crippen LogP contribution in [0.4, 0.5) is 5.69 Å². The summed E-state index contributed by atoms with van der Waals surface area (Å²) in [4.78, 5) is 12.5. The molecule has 0 bridgehead atoms.